The number of hydrogen-bond acceptors (Lipinski definition) is 2. The van der Waals surface area contributed by atoms with Gasteiger partial charge >= 0.3 is 0 Å². The molecule has 0 aromatic heterocycles. The monoisotopic (exact) mass is 281 g/mol. The Bertz CT molecular complexity index is 479. The fourth-order valence-corrected chi connectivity index (χ4v) is 2.74. The van der Waals surface area contributed by atoms with Crippen LogP contribution in [0, 0.1) is 13.8 Å². The second kappa shape index (κ2) is 5.93. The highest BCUT2D eigenvalue weighted by atomic mass is 35.5. The Morgan fingerprint density at radius 1 is 1.21 bits per heavy atom. The molecule has 1 aliphatic rings. The quantitative estimate of drug-likeness (QED) is 0.875. The third-order valence-corrected chi connectivity index (χ3v) is 4.17. The number of aryl methyl sites for hydroxylation is 2. The lowest BCUT2D eigenvalue weighted by Gasteiger charge is -2.26. The Morgan fingerprint density at radius 2 is 1.79 bits per heavy atom. The van der Waals surface area contributed by atoms with E-state index in [0.717, 1.165) is 36.8 Å². The Morgan fingerprint density at radius 3 is 2.42 bits per heavy atom. The van der Waals surface area contributed by atoms with Gasteiger partial charge in [-0.05, 0) is 62.8 Å². The summed E-state index contributed by atoms with van der Waals surface area (Å²) in [5.41, 5.74) is 2.69. The molecular weight excluding hydrogens is 262 g/mol. The molecule has 1 aromatic carbocycles. The highest BCUT2D eigenvalue weighted by Gasteiger charge is 2.22. The summed E-state index contributed by atoms with van der Waals surface area (Å²) in [7, 11) is 0. The van der Waals surface area contributed by atoms with Gasteiger partial charge < -0.3 is 10.4 Å². The Labute approximate surface area is 119 Å². The van der Waals surface area contributed by atoms with Crippen LogP contribution in [0.2, 0.25) is 5.02 Å². The van der Waals surface area contributed by atoms with E-state index < -0.39 is 0 Å². The molecule has 0 saturated heterocycles. The Kier molecular flexibility index (Phi) is 4.48. The fraction of sp³-hybridized carbons (Fsp3) is 0.533. The van der Waals surface area contributed by atoms with E-state index >= 15 is 0 Å². The summed E-state index contributed by atoms with van der Waals surface area (Å²) in [4.78, 5) is 12.2. The van der Waals surface area contributed by atoms with E-state index in [0.29, 0.717) is 10.6 Å². The predicted molar refractivity (Wildman–Crippen MR) is 76.7 cm³/mol. The van der Waals surface area contributed by atoms with Crippen molar-refractivity contribution in [2.24, 2.45) is 0 Å². The summed E-state index contributed by atoms with van der Waals surface area (Å²) in [6.45, 7) is 3.95. The number of carbonyl (C=O) groups is 1. The zero-order valence-electron chi connectivity index (χ0n) is 11.4. The molecule has 0 radical (unpaired) electrons. The number of amides is 1. The van der Waals surface area contributed by atoms with Crippen molar-refractivity contribution in [2.45, 2.75) is 51.7 Å². The molecular formula is C15H20ClNO2. The van der Waals surface area contributed by atoms with Crippen LogP contribution in [0.5, 0.6) is 0 Å². The number of aliphatic hydroxyl groups is 1. The van der Waals surface area contributed by atoms with Gasteiger partial charge in [0.25, 0.3) is 5.91 Å². The first-order chi connectivity index (χ1) is 8.97. The smallest absolute Gasteiger partial charge is 0.253 e. The summed E-state index contributed by atoms with van der Waals surface area (Å²) in [5, 5.41) is 13.0. The van der Waals surface area contributed by atoms with Gasteiger partial charge in [-0.2, -0.15) is 0 Å². The first-order valence-electron chi connectivity index (χ1n) is 6.73. The topological polar surface area (TPSA) is 49.3 Å². The normalized spacial score (nSPS) is 23.2. The molecule has 2 rings (SSSR count). The second-order valence-electron chi connectivity index (χ2n) is 5.40. The minimum Gasteiger partial charge on any atom is -0.393 e. The summed E-state index contributed by atoms with van der Waals surface area (Å²) in [6, 6.07) is 3.81. The number of halogens is 1. The van der Waals surface area contributed by atoms with E-state index in [2.05, 4.69) is 5.32 Å². The van der Waals surface area contributed by atoms with E-state index in [1.807, 2.05) is 26.0 Å². The minimum absolute atomic E-state index is 0.116. The lowest BCUT2D eigenvalue weighted by atomic mass is 9.93. The molecule has 0 bridgehead atoms. The number of nitrogens with one attached hydrogen (secondary N) is 1. The molecule has 1 saturated carbocycles. The summed E-state index contributed by atoms with van der Waals surface area (Å²) < 4.78 is 0. The van der Waals surface area contributed by atoms with Gasteiger partial charge in [0, 0.05) is 6.04 Å². The number of aliphatic hydroxyl groups excluding tert-OH is 1. The van der Waals surface area contributed by atoms with Crippen LogP contribution in [0.4, 0.5) is 0 Å². The van der Waals surface area contributed by atoms with Crippen molar-refractivity contribution in [2.75, 3.05) is 0 Å². The molecule has 0 spiro atoms. The predicted octanol–water partition coefficient (Wildman–Crippen LogP) is 2.99. The first kappa shape index (κ1) is 14.4. The summed E-state index contributed by atoms with van der Waals surface area (Å²) >= 11 is 6.14. The van der Waals surface area contributed by atoms with Crippen molar-refractivity contribution in [3.05, 3.63) is 33.8 Å². The molecule has 0 unspecified atom stereocenters. The van der Waals surface area contributed by atoms with Gasteiger partial charge in [0.2, 0.25) is 0 Å². The van der Waals surface area contributed by atoms with Gasteiger partial charge in [-0.1, -0.05) is 11.6 Å². The average molecular weight is 282 g/mol. The van der Waals surface area contributed by atoms with Crippen molar-refractivity contribution < 1.29 is 9.90 Å². The highest BCUT2D eigenvalue weighted by molar-refractivity contribution is 6.34. The molecule has 4 heteroatoms. The van der Waals surface area contributed by atoms with Crippen LogP contribution in [0.25, 0.3) is 0 Å². The molecule has 1 aromatic rings. The van der Waals surface area contributed by atoms with Gasteiger partial charge in [0.1, 0.15) is 0 Å². The average Bonchev–Trinajstić information content (AvgIpc) is 2.36. The third kappa shape index (κ3) is 3.48. The largest absolute Gasteiger partial charge is 0.393 e. The van der Waals surface area contributed by atoms with Crippen LogP contribution in [0.1, 0.15) is 47.2 Å². The lowest BCUT2D eigenvalue weighted by molar-refractivity contribution is 0.0867. The molecule has 1 amide bonds. The van der Waals surface area contributed by atoms with Gasteiger partial charge in [-0.25, -0.2) is 0 Å². The molecule has 0 aliphatic heterocycles. The molecule has 0 atom stereocenters. The van der Waals surface area contributed by atoms with Crippen molar-refractivity contribution in [1.29, 1.82) is 0 Å². The van der Waals surface area contributed by atoms with E-state index in [1.54, 1.807) is 0 Å². The maximum Gasteiger partial charge on any atom is 0.253 e. The molecule has 104 valence electrons. The van der Waals surface area contributed by atoms with Crippen LogP contribution >= 0.6 is 11.6 Å². The Balaban J connectivity index is 2.06. The molecule has 3 nitrogen and oxygen atoms in total. The Hall–Kier alpha value is -1.06. The van der Waals surface area contributed by atoms with Crippen molar-refractivity contribution in [1.82, 2.24) is 5.32 Å². The van der Waals surface area contributed by atoms with Crippen molar-refractivity contribution >= 4 is 17.5 Å². The highest BCUT2D eigenvalue weighted by Crippen LogP contribution is 2.23. The first-order valence-corrected chi connectivity index (χ1v) is 7.11. The standard InChI is InChI=1S/C15H20ClNO2/c1-9-7-13(14(16)8-10(9)2)15(19)17-11-3-5-12(18)6-4-11/h7-8,11-12,18H,3-6H2,1-2H3,(H,17,19). The zero-order chi connectivity index (χ0) is 14.0. The SMILES string of the molecule is Cc1cc(Cl)c(C(=O)NC2CCC(O)CC2)cc1C. The molecule has 1 fully saturated rings. The van der Waals surface area contributed by atoms with E-state index in [-0.39, 0.29) is 18.1 Å². The van der Waals surface area contributed by atoms with Crippen molar-refractivity contribution in [3.63, 3.8) is 0 Å². The molecule has 0 heterocycles. The summed E-state index contributed by atoms with van der Waals surface area (Å²) in [5.74, 6) is -0.116. The lowest BCUT2D eigenvalue weighted by Crippen LogP contribution is -2.38. The maximum atomic E-state index is 12.2. The van der Waals surface area contributed by atoms with Crippen LogP contribution in [0.15, 0.2) is 12.1 Å². The van der Waals surface area contributed by atoms with Gasteiger partial charge in [0.05, 0.1) is 16.7 Å². The molecule has 1 aliphatic carbocycles. The fourth-order valence-electron chi connectivity index (χ4n) is 2.44. The van der Waals surface area contributed by atoms with E-state index in [4.69, 9.17) is 11.6 Å². The van der Waals surface area contributed by atoms with Gasteiger partial charge in [0.15, 0.2) is 0 Å². The zero-order valence-corrected chi connectivity index (χ0v) is 12.1. The number of benzene rings is 1. The molecule has 19 heavy (non-hydrogen) atoms. The van der Waals surface area contributed by atoms with Gasteiger partial charge in [-0.3, -0.25) is 4.79 Å². The van der Waals surface area contributed by atoms with Crippen LogP contribution in [-0.4, -0.2) is 23.2 Å². The number of rotatable bonds is 2. The maximum absolute atomic E-state index is 12.2. The van der Waals surface area contributed by atoms with Crippen LogP contribution in [0.3, 0.4) is 0 Å². The van der Waals surface area contributed by atoms with Crippen molar-refractivity contribution in [3.8, 4) is 0 Å². The molecule has 2 N–H and O–H groups in total. The van der Waals surface area contributed by atoms with Crippen LogP contribution in [-0.2, 0) is 0 Å². The summed E-state index contributed by atoms with van der Waals surface area (Å²) in [6.07, 6.45) is 2.96. The minimum atomic E-state index is -0.210. The second-order valence-corrected chi connectivity index (χ2v) is 5.80. The van der Waals surface area contributed by atoms with E-state index in [9.17, 15) is 9.90 Å². The third-order valence-electron chi connectivity index (χ3n) is 3.86. The number of hydrogen-bond donors (Lipinski definition) is 2. The van der Waals surface area contributed by atoms with E-state index in [1.165, 1.54) is 0 Å². The number of carbonyl (C=O) groups excluding carboxylic acids is 1. The van der Waals surface area contributed by atoms with Crippen LogP contribution < -0.4 is 5.32 Å². The van der Waals surface area contributed by atoms with Gasteiger partial charge in [-0.15, -0.1) is 0 Å².